The molecule has 21 heavy (non-hydrogen) atoms. The average molecular weight is 299 g/mol. The minimum Gasteiger partial charge on any atom is -0.481 e. The van der Waals surface area contributed by atoms with Crippen molar-refractivity contribution >= 4 is 12.0 Å². The van der Waals surface area contributed by atoms with Crippen molar-refractivity contribution in [3.8, 4) is 0 Å². The molecule has 0 aliphatic carbocycles. The number of piperazine rings is 1. The van der Waals surface area contributed by atoms with Gasteiger partial charge in [-0.2, -0.15) is 0 Å². The van der Waals surface area contributed by atoms with Crippen molar-refractivity contribution in [2.75, 3.05) is 39.3 Å². The van der Waals surface area contributed by atoms with E-state index in [1.54, 1.807) is 0 Å². The van der Waals surface area contributed by atoms with Gasteiger partial charge in [0.25, 0.3) is 0 Å². The Balaban J connectivity index is 2.37. The number of carbonyl (C=O) groups is 2. The van der Waals surface area contributed by atoms with Crippen LogP contribution in [0.4, 0.5) is 4.79 Å². The van der Waals surface area contributed by atoms with Crippen molar-refractivity contribution < 1.29 is 14.7 Å². The second kappa shape index (κ2) is 8.87. The molecule has 6 nitrogen and oxygen atoms in total. The Labute approximate surface area is 127 Å². The van der Waals surface area contributed by atoms with Crippen LogP contribution in [0.1, 0.15) is 33.6 Å². The van der Waals surface area contributed by atoms with Gasteiger partial charge in [0, 0.05) is 39.1 Å². The minimum atomic E-state index is -0.800. The minimum absolute atomic E-state index is 0.00313. The van der Waals surface area contributed by atoms with E-state index in [2.05, 4.69) is 31.0 Å². The maximum absolute atomic E-state index is 12.1. The third-order valence-corrected chi connectivity index (χ3v) is 3.92. The lowest BCUT2D eigenvalue weighted by molar-refractivity contribution is -0.138. The molecule has 2 amide bonds. The van der Waals surface area contributed by atoms with E-state index in [0.717, 1.165) is 39.1 Å². The molecule has 0 radical (unpaired) electrons. The van der Waals surface area contributed by atoms with E-state index in [1.165, 1.54) is 0 Å². The Hall–Kier alpha value is -1.30. The molecule has 1 atom stereocenters. The summed E-state index contributed by atoms with van der Waals surface area (Å²) in [6.07, 6.45) is 0.929. The van der Waals surface area contributed by atoms with E-state index in [0.29, 0.717) is 12.5 Å². The predicted molar refractivity (Wildman–Crippen MR) is 82.3 cm³/mol. The summed E-state index contributed by atoms with van der Waals surface area (Å²) in [6, 6.07) is -0.0649. The molecule has 0 aromatic rings. The zero-order valence-electron chi connectivity index (χ0n) is 13.5. The van der Waals surface area contributed by atoms with Crippen LogP contribution in [0.5, 0.6) is 0 Å². The summed E-state index contributed by atoms with van der Waals surface area (Å²) < 4.78 is 0. The van der Waals surface area contributed by atoms with Crippen LogP contribution in [0.15, 0.2) is 0 Å². The molecule has 122 valence electrons. The third-order valence-electron chi connectivity index (χ3n) is 3.92. The molecule has 0 saturated carbocycles. The van der Waals surface area contributed by atoms with E-state index < -0.39 is 5.97 Å². The number of carboxylic acids is 1. The Morgan fingerprint density at radius 2 is 1.81 bits per heavy atom. The van der Waals surface area contributed by atoms with Crippen molar-refractivity contribution in [3.63, 3.8) is 0 Å². The van der Waals surface area contributed by atoms with E-state index >= 15 is 0 Å². The van der Waals surface area contributed by atoms with E-state index in [1.807, 2.05) is 4.90 Å². The number of nitrogens with zero attached hydrogens (tertiary/aromatic N) is 2. The van der Waals surface area contributed by atoms with Crippen molar-refractivity contribution in [3.05, 3.63) is 0 Å². The zero-order valence-corrected chi connectivity index (χ0v) is 13.5. The SMILES string of the molecule is CCN1CCN(C(=O)NCC(CC(=O)O)CC(C)C)CC1. The Kier molecular flexibility index (Phi) is 7.50. The van der Waals surface area contributed by atoms with Crippen molar-refractivity contribution in [2.45, 2.75) is 33.6 Å². The third kappa shape index (κ3) is 6.80. The number of carboxylic acid groups (broad SMARTS) is 1. The van der Waals surface area contributed by atoms with E-state index in [9.17, 15) is 9.59 Å². The number of hydrogen-bond acceptors (Lipinski definition) is 3. The van der Waals surface area contributed by atoms with Gasteiger partial charge in [0.05, 0.1) is 0 Å². The summed E-state index contributed by atoms with van der Waals surface area (Å²) in [6.45, 7) is 11.0. The Morgan fingerprint density at radius 3 is 2.29 bits per heavy atom. The van der Waals surface area contributed by atoms with Gasteiger partial charge in [-0.1, -0.05) is 20.8 Å². The highest BCUT2D eigenvalue weighted by atomic mass is 16.4. The smallest absolute Gasteiger partial charge is 0.317 e. The number of carbonyl (C=O) groups excluding carboxylic acids is 1. The monoisotopic (exact) mass is 299 g/mol. The van der Waals surface area contributed by atoms with Gasteiger partial charge in [0.2, 0.25) is 0 Å². The fourth-order valence-corrected chi connectivity index (χ4v) is 2.76. The standard InChI is InChI=1S/C15H29N3O3/c1-4-17-5-7-18(8-6-17)15(21)16-11-13(9-12(2)3)10-14(19)20/h12-13H,4-11H2,1-3H3,(H,16,21)(H,19,20). The van der Waals surface area contributed by atoms with Crippen LogP contribution in [0, 0.1) is 11.8 Å². The Morgan fingerprint density at radius 1 is 1.19 bits per heavy atom. The second-order valence-corrected chi connectivity index (χ2v) is 6.20. The predicted octanol–water partition coefficient (Wildman–Crippen LogP) is 1.47. The topological polar surface area (TPSA) is 72.9 Å². The van der Waals surface area contributed by atoms with Crippen molar-refractivity contribution in [1.82, 2.24) is 15.1 Å². The molecule has 1 unspecified atom stereocenters. The van der Waals surface area contributed by atoms with Crippen LogP contribution < -0.4 is 5.32 Å². The quantitative estimate of drug-likeness (QED) is 0.746. The molecule has 1 heterocycles. The molecule has 2 N–H and O–H groups in total. The number of nitrogens with one attached hydrogen (secondary N) is 1. The molecule has 6 heteroatoms. The van der Waals surface area contributed by atoms with Gasteiger partial charge < -0.3 is 20.2 Å². The lowest BCUT2D eigenvalue weighted by atomic mass is 9.94. The first-order chi connectivity index (χ1) is 9.92. The summed E-state index contributed by atoms with van der Waals surface area (Å²) in [5, 5.41) is 11.8. The summed E-state index contributed by atoms with van der Waals surface area (Å²) in [5.41, 5.74) is 0. The molecule has 1 aliphatic rings. The fourth-order valence-electron chi connectivity index (χ4n) is 2.76. The number of hydrogen-bond donors (Lipinski definition) is 2. The Bertz CT molecular complexity index is 339. The summed E-state index contributed by atoms with van der Waals surface area (Å²) in [7, 11) is 0. The van der Waals surface area contributed by atoms with Gasteiger partial charge in [-0.15, -0.1) is 0 Å². The highest BCUT2D eigenvalue weighted by molar-refractivity contribution is 5.74. The summed E-state index contributed by atoms with van der Waals surface area (Å²) in [4.78, 5) is 27.1. The fraction of sp³-hybridized carbons (Fsp3) is 0.867. The molecule has 0 aromatic carbocycles. The van der Waals surface area contributed by atoms with Gasteiger partial charge in [-0.3, -0.25) is 4.79 Å². The second-order valence-electron chi connectivity index (χ2n) is 6.20. The van der Waals surface area contributed by atoms with E-state index in [4.69, 9.17) is 5.11 Å². The first-order valence-electron chi connectivity index (χ1n) is 7.89. The van der Waals surface area contributed by atoms with Gasteiger partial charge in [-0.05, 0) is 24.8 Å². The molecule has 1 fully saturated rings. The maximum Gasteiger partial charge on any atom is 0.317 e. The number of rotatable bonds is 7. The molecule has 0 spiro atoms. The van der Waals surface area contributed by atoms with Crippen LogP contribution in [0.3, 0.4) is 0 Å². The highest BCUT2D eigenvalue weighted by Crippen LogP contribution is 2.15. The number of amides is 2. The van der Waals surface area contributed by atoms with Gasteiger partial charge in [0.1, 0.15) is 0 Å². The highest BCUT2D eigenvalue weighted by Gasteiger charge is 2.21. The van der Waals surface area contributed by atoms with Crippen LogP contribution in [-0.2, 0) is 4.79 Å². The largest absolute Gasteiger partial charge is 0.481 e. The molecule has 1 saturated heterocycles. The molecular formula is C15H29N3O3. The van der Waals surface area contributed by atoms with Crippen molar-refractivity contribution in [1.29, 1.82) is 0 Å². The van der Waals surface area contributed by atoms with Crippen LogP contribution in [0.2, 0.25) is 0 Å². The average Bonchev–Trinajstić information content (AvgIpc) is 2.43. The molecule has 0 aromatic heterocycles. The van der Waals surface area contributed by atoms with Crippen LogP contribution in [0.25, 0.3) is 0 Å². The first kappa shape index (κ1) is 17.8. The number of aliphatic carboxylic acids is 1. The van der Waals surface area contributed by atoms with Crippen LogP contribution in [-0.4, -0.2) is 66.2 Å². The maximum atomic E-state index is 12.1. The van der Waals surface area contributed by atoms with Crippen LogP contribution >= 0.6 is 0 Å². The first-order valence-corrected chi connectivity index (χ1v) is 7.89. The lowest BCUT2D eigenvalue weighted by Crippen LogP contribution is -2.52. The van der Waals surface area contributed by atoms with Gasteiger partial charge >= 0.3 is 12.0 Å². The van der Waals surface area contributed by atoms with Crippen molar-refractivity contribution in [2.24, 2.45) is 11.8 Å². The summed E-state index contributed by atoms with van der Waals surface area (Å²) in [5.74, 6) is -0.366. The molecule has 1 rings (SSSR count). The lowest BCUT2D eigenvalue weighted by Gasteiger charge is -2.34. The van der Waals surface area contributed by atoms with Gasteiger partial charge in [0.15, 0.2) is 0 Å². The van der Waals surface area contributed by atoms with E-state index in [-0.39, 0.29) is 18.4 Å². The summed E-state index contributed by atoms with van der Waals surface area (Å²) >= 11 is 0. The molecule has 1 aliphatic heterocycles. The number of urea groups is 1. The zero-order chi connectivity index (χ0) is 15.8. The normalized spacial score (nSPS) is 17.8. The molecular weight excluding hydrogens is 270 g/mol. The van der Waals surface area contributed by atoms with Gasteiger partial charge in [-0.25, -0.2) is 4.79 Å². The molecule has 0 bridgehead atoms. The number of likely N-dealkylation sites (N-methyl/N-ethyl adjacent to an activating group) is 1.